The standard InChI is InChI=1S/C10H8ClNOS/c11-10-7(4-5-14-10)6-2-1-3-8(12)9(6)13/h1-5,13H,12H2. The van der Waals surface area contributed by atoms with Crippen molar-refractivity contribution in [1.82, 2.24) is 0 Å². The highest BCUT2D eigenvalue weighted by atomic mass is 35.5. The highest BCUT2D eigenvalue weighted by Gasteiger charge is 2.10. The second-order valence-electron chi connectivity index (χ2n) is 2.85. The maximum Gasteiger partial charge on any atom is 0.146 e. The van der Waals surface area contributed by atoms with Gasteiger partial charge in [0.15, 0.2) is 0 Å². The monoisotopic (exact) mass is 225 g/mol. The van der Waals surface area contributed by atoms with E-state index in [2.05, 4.69) is 0 Å². The molecular weight excluding hydrogens is 218 g/mol. The zero-order valence-electron chi connectivity index (χ0n) is 7.20. The van der Waals surface area contributed by atoms with Crippen LogP contribution in [0.25, 0.3) is 11.1 Å². The van der Waals surface area contributed by atoms with Gasteiger partial charge in [0.25, 0.3) is 0 Å². The minimum atomic E-state index is 0.0906. The fraction of sp³-hybridized carbons (Fsp3) is 0. The van der Waals surface area contributed by atoms with E-state index in [1.165, 1.54) is 11.3 Å². The van der Waals surface area contributed by atoms with Crippen LogP contribution in [0.5, 0.6) is 5.75 Å². The highest BCUT2D eigenvalue weighted by Crippen LogP contribution is 2.39. The Hall–Kier alpha value is -1.19. The van der Waals surface area contributed by atoms with Gasteiger partial charge in [-0.25, -0.2) is 0 Å². The Morgan fingerprint density at radius 2 is 2.00 bits per heavy atom. The van der Waals surface area contributed by atoms with Gasteiger partial charge in [0.2, 0.25) is 0 Å². The van der Waals surface area contributed by atoms with Gasteiger partial charge in [-0.05, 0) is 17.5 Å². The minimum Gasteiger partial charge on any atom is -0.505 e. The van der Waals surface area contributed by atoms with E-state index >= 15 is 0 Å². The molecule has 1 aromatic carbocycles. The minimum absolute atomic E-state index is 0.0906. The van der Waals surface area contributed by atoms with Gasteiger partial charge in [-0.3, -0.25) is 0 Å². The molecule has 0 saturated heterocycles. The number of rotatable bonds is 1. The Balaban J connectivity index is 2.63. The number of nitrogen functional groups attached to an aromatic ring is 1. The van der Waals surface area contributed by atoms with E-state index in [-0.39, 0.29) is 5.75 Å². The molecule has 1 heterocycles. The van der Waals surface area contributed by atoms with E-state index in [4.69, 9.17) is 17.3 Å². The summed E-state index contributed by atoms with van der Waals surface area (Å²) in [4.78, 5) is 0. The van der Waals surface area contributed by atoms with Crippen molar-refractivity contribution >= 4 is 28.6 Å². The second kappa shape index (κ2) is 3.52. The molecule has 2 nitrogen and oxygen atoms in total. The van der Waals surface area contributed by atoms with Gasteiger partial charge in [-0.2, -0.15) is 0 Å². The topological polar surface area (TPSA) is 46.2 Å². The third kappa shape index (κ3) is 1.45. The van der Waals surface area contributed by atoms with Crippen LogP contribution in [-0.4, -0.2) is 5.11 Å². The van der Waals surface area contributed by atoms with Crippen LogP contribution in [0, 0.1) is 0 Å². The number of aromatic hydroxyl groups is 1. The van der Waals surface area contributed by atoms with Crippen molar-refractivity contribution in [2.24, 2.45) is 0 Å². The van der Waals surface area contributed by atoms with E-state index in [1.807, 2.05) is 11.4 Å². The first-order valence-corrected chi connectivity index (χ1v) is 5.26. The SMILES string of the molecule is Nc1cccc(-c2ccsc2Cl)c1O. The molecule has 0 aliphatic heterocycles. The van der Waals surface area contributed by atoms with Crippen LogP contribution in [-0.2, 0) is 0 Å². The second-order valence-corrected chi connectivity index (χ2v) is 4.37. The number of nitrogens with two attached hydrogens (primary N) is 1. The lowest BCUT2D eigenvalue weighted by atomic mass is 10.1. The molecule has 3 N–H and O–H groups in total. The Bertz CT molecular complexity index is 467. The molecule has 0 fully saturated rings. The third-order valence-corrected chi connectivity index (χ3v) is 3.15. The van der Waals surface area contributed by atoms with Crippen molar-refractivity contribution in [1.29, 1.82) is 0 Å². The van der Waals surface area contributed by atoms with Crippen LogP contribution in [0.15, 0.2) is 29.6 Å². The van der Waals surface area contributed by atoms with Crippen molar-refractivity contribution in [3.8, 4) is 16.9 Å². The first kappa shape index (κ1) is 9.37. The van der Waals surface area contributed by atoms with Gasteiger partial charge < -0.3 is 10.8 Å². The van der Waals surface area contributed by atoms with E-state index in [9.17, 15) is 5.11 Å². The summed E-state index contributed by atoms with van der Waals surface area (Å²) in [6, 6.07) is 7.10. The van der Waals surface area contributed by atoms with E-state index in [0.29, 0.717) is 15.6 Å². The third-order valence-electron chi connectivity index (χ3n) is 1.98. The summed E-state index contributed by atoms with van der Waals surface area (Å²) in [5.74, 6) is 0.0906. The molecule has 0 atom stereocenters. The number of para-hydroxylation sites is 1. The number of hydrogen-bond acceptors (Lipinski definition) is 3. The molecule has 1 aromatic heterocycles. The van der Waals surface area contributed by atoms with Gasteiger partial charge in [-0.15, -0.1) is 11.3 Å². The molecule has 2 aromatic rings. The maximum atomic E-state index is 9.71. The largest absolute Gasteiger partial charge is 0.505 e. The van der Waals surface area contributed by atoms with Gasteiger partial charge >= 0.3 is 0 Å². The lowest BCUT2D eigenvalue weighted by molar-refractivity contribution is 0.480. The molecule has 14 heavy (non-hydrogen) atoms. The Kier molecular flexibility index (Phi) is 2.35. The summed E-state index contributed by atoms with van der Waals surface area (Å²) < 4.78 is 0.658. The van der Waals surface area contributed by atoms with E-state index < -0.39 is 0 Å². The molecule has 0 bridgehead atoms. The normalized spacial score (nSPS) is 10.4. The first-order valence-electron chi connectivity index (χ1n) is 4.01. The molecule has 0 spiro atoms. The molecule has 0 amide bonds. The van der Waals surface area contributed by atoms with Gasteiger partial charge in [0.05, 0.1) is 5.69 Å². The molecule has 2 rings (SSSR count). The first-order chi connectivity index (χ1) is 6.70. The summed E-state index contributed by atoms with van der Waals surface area (Å²) >= 11 is 7.39. The molecule has 0 aliphatic rings. The van der Waals surface area contributed by atoms with Crippen LogP contribution >= 0.6 is 22.9 Å². The summed E-state index contributed by atoms with van der Waals surface area (Å²) in [6.07, 6.45) is 0. The molecular formula is C10H8ClNOS. The van der Waals surface area contributed by atoms with E-state index in [1.54, 1.807) is 18.2 Å². The highest BCUT2D eigenvalue weighted by molar-refractivity contribution is 7.15. The van der Waals surface area contributed by atoms with E-state index in [0.717, 1.165) is 5.56 Å². The maximum absolute atomic E-state index is 9.71. The van der Waals surface area contributed by atoms with Gasteiger partial charge in [0, 0.05) is 11.1 Å². The molecule has 4 heteroatoms. The fourth-order valence-electron chi connectivity index (χ4n) is 1.27. The van der Waals surface area contributed by atoms with Crippen LogP contribution < -0.4 is 5.73 Å². The summed E-state index contributed by atoms with van der Waals surface area (Å²) in [6.45, 7) is 0. The fourth-order valence-corrected chi connectivity index (χ4v) is 2.21. The lowest BCUT2D eigenvalue weighted by Gasteiger charge is -2.05. The van der Waals surface area contributed by atoms with Crippen molar-refractivity contribution in [3.63, 3.8) is 0 Å². The quantitative estimate of drug-likeness (QED) is 0.578. The summed E-state index contributed by atoms with van der Waals surface area (Å²) in [5, 5.41) is 11.6. The predicted molar refractivity (Wildman–Crippen MR) is 60.8 cm³/mol. The number of benzene rings is 1. The zero-order chi connectivity index (χ0) is 10.1. The van der Waals surface area contributed by atoms with Crippen molar-refractivity contribution in [3.05, 3.63) is 34.0 Å². The molecule has 0 unspecified atom stereocenters. The molecule has 0 saturated carbocycles. The number of halogens is 1. The Labute approximate surface area is 90.6 Å². The van der Waals surface area contributed by atoms with Crippen molar-refractivity contribution in [2.45, 2.75) is 0 Å². The van der Waals surface area contributed by atoms with Crippen LogP contribution in [0.2, 0.25) is 4.34 Å². The number of thiophene rings is 1. The molecule has 0 radical (unpaired) electrons. The Morgan fingerprint density at radius 1 is 1.21 bits per heavy atom. The average molecular weight is 226 g/mol. The van der Waals surface area contributed by atoms with Crippen LogP contribution in [0.4, 0.5) is 5.69 Å². The summed E-state index contributed by atoms with van der Waals surface area (Å²) in [5.41, 5.74) is 7.45. The molecule has 0 aliphatic carbocycles. The summed E-state index contributed by atoms with van der Waals surface area (Å²) in [7, 11) is 0. The van der Waals surface area contributed by atoms with Crippen molar-refractivity contribution < 1.29 is 5.11 Å². The van der Waals surface area contributed by atoms with Crippen LogP contribution in [0.1, 0.15) is 0 Å². The molecule has 72 valence electrons. The van der Waals surface area contributed by atoms with Gasteiger partial charge in [0.1, 0.15) is 10.1 Å². The zero-order valence-corrected chi connectivity index (χ0v) is 8.77. The Morgan fingerprint density at radius 3 is 2.64 bits per heavy atom. The van der Waals surface area contributed by atoms with Gasteiger partial charge in [-0.1, -0.05) is 23.7 Å². The van der Waals surface area contributed by atoms with Crippen LogP contribution in [0.3, 0.4) is 0 Å². The number of anilines is 1. The number of phenolic OH excluding ortho intramolecular Hbond substituents is 1. The lowest BCUT2D eigenvalue weighted by Crippen LogP contribution is -1.86. The number of hydrogen-bond donors (Lipinski definition) is 2. The van der Waals surface area contributed by atoms with Crippen molar-refractivity contribution in [2.75, 3.05) is 5.73 Å². The predicted octanol–water partition coefficient (Wildman–Crippen LogP) is 3.36. The smallest absolute Gasteiger partial charge is 0.146 e. The number of phenols is 1. The average Bonchev–Trinajstić information content (AvgIpc) is 2.57.